The van der Waals surface area contributed by atoms with E-state index in [9.17, 15) is 0 Å². The van der Waals surface area contributed by atoms with Gasteiger partial charge in [-0.2, -0.15) is 0 Å². The van der Waals surface area contributed by atoms with Crippen molar-refractivity contribution < 1.29 is 14.2 Å². The molecular formula is C16H34IN3O3. The van der Waals surface area contributed by atoms with Gasteiger partial charge in [-0.1, -0.05) is 13.3 Å². The molecule has 0 heterocycles. The van der Waals surface area contributed by atoms with E-state index in [1.165, 1.54) is 19.3 Å². The van der Waals surface area contributed by atoms with Crippen LogP contribution in [0.1, 0.15) is 32.6 Å². The topological polar surface area (TPSA) is 64.1 Å². The number of hydrogen-bond acceptors (Lipinski definition) is 4. The first-order valence-corrected chi connectivity index (χ1v) is 8.54. The Balaban J connectivity index is 0.00000484. The van der Waals surface area contributed by atoms with Gasteiger partial charge in [-0.25, -0.2) is 0 Å². The SMILES string of the molecule is CCCCOCCOCCNC(=NC)NCCOCC1CC1.I. The van der Waals surface area contributed by atoms with Crippen molar-refractivity contribution in [2.45, 2.75) is 32.6 Å². The molecule has 1 saturated carbocycles. The van der Waals surface area contributed by atoms with E-state index in [0.717, 1.165) is 51.2 Å². The molecule has 0 aromatic rings. The highest BCUT2D eigenvalue weighted by Crippen LogP contribution is 2.28. The minimum absolute atomic E-state index is 0. The molecule has 1 fully saturated rings. The van der Waals surface area contributed by atoms with Crippen LogP contribution in [0.4, 0.5) is 0 Å². The van der Waals surface area contributed by atoms with Gasteiger partial charge in [0, 0.05) is 33.4 Å². The Morgan fingerprint density at radius 2 is 1.57 bits per heavy atom. The third-order valence-corrected chi connectivity index (χ3v) is 3.37. The summed E-state index contributed by atoms with van der Waals surface area (Å²) in [6.45, 7) is 8.09. The molecule has 0 bridgehead atoms. The number of unbranched alkanes of at least 4 members (excludes halogenated alkanes) is 1. The van der Waals surface area contributed by atoms with Crippen LogP contribution in [-0.4, -0.2) is 65.7 Å². The fraction of sp³-hybridized carbons (Fsp3) is 0.938. The molecule has 138 valence electrons. The van der Waals surface area contributed by atoms with Gasteiger partial charge >= 0.3 is 0 Å². The van der Waals surface area contributed by atoms with Gasteiger partial charge in [0.25, 0.3) is 0 Å². The lowest BCUT2D eigenvalue weighted by Gasteiger charge is -2.12. The molecular weight excluding hydrogens is 409 g/mol. The molecule has 2 N–H and O–H groups in total. The number of guanidine groups is 1. The summed E-state index contributed by atoms with van der Waals surface area (Å²) in [6, 6.07) is 0. The summed E-state index contributed by atoms with van der Waals surface area (Å²) in [6.07, 6.45) is 4.96. The normalized spacial score (nSPS) is 14.4. The second-order valence-electron chi connectivity index (χ2n) is 5.52. The Bertz CT molecular complexity index is 290. The average Bonchev–Trinajstić information content (AvgIpc) is 3.35. The van der Waals surface area contributed by atoms with Gasteiger partial charge in [0.2, 0.25) is 0 Å². The number of nitrogens with one attached hydrogen (secondary N) is 2. The zero-order valence-electron chi connectivity index (χ0n) is 14.6. The summed E-state index contributed by atoms with van der Waals surface area (Å²) in [7, 11) is 1.77. The van der Waals surface area contributed by atoms with Crippen LogP contribution in [0.2, 0.25) is 0 Å². The first-order chi connectivity index (χ1) is 10.9. The molecule has 0 aromatic carbocycles. The zero-order chi connectivity index (χ0) is 15.9. The summed E-state index contributed by atoms with van der Waals surface area (Å²) in [4.78, 5) is 4.16. The third-order valence-electron chi connectivity index (χ3n) is 3.37. The number of halogens is 1. The van der Waals surface area contributed by atoms with Gasteiger partial charge in [0.15, 0.2) is 5.96 Å². The molecule has 0 spiro atoms. The molecule has 0 unspecified atom stereocenters. The Kier molecular flexibility index (Phi) is 16.6. The van der Waals surface area contributed by atoms with Crippen molar-refractivity contribution in [1.29, 1.82) is 0 Å². The van der Waals surface area contributed by atoms with Crippen molar-refractivity contribution in [2.24, 2.45) is 10.9 Å². The molecule has 0 aliphatic heterocycles. The third kappa shape index (κ3) is 15.2. The summed E-state index contributed by atoms with van der Waals surface area (Å²) in [5.41, 5.74) is 0. The molecule has 0 aromatic heterocycles. The largest absolute Gasteiger partial charge is 0.379 e. The second kappa shape index (κ2) is 16.7. The van der Waals surface area contributed by atoms with Crippen molar-refractivity contribution in [3.63, 3.8) is 0 Å². The van der Waals surface area contributed by atoms with Gasteiger partial charge in [-0.3, -0.25) is 4.99 Å². The molecule has 1 aliphatic rings. The van der Waals surface area contributed by atoms with Gasteiger partial charge < -0.3 is 24.8 Å². The quantitative estimate of drug-likeness (QED) is 0.186. The van der Waals surface area contributed by atoms with Crippen LogP contribution in [0.5, 0.6) is 0 Å². The fourth-order valence-electron chi connectivity index (χ4n) is 1.81. The molecule has 23 heavy (non-hydrogen) atoms. The van der Waals surface area contributed by atoms with Gasteiger partial charge in [0.1, 0.15) is 0 Å². The molecule has 1 aliphatic carbocycles. The number of ether oxygens (including phenoxy) is 3. The Morgan fingerprint density at radius 3 is 2.13 bits per heavy atom. The van der Waals surface area contributed by atoms with Crippen molar-refractivity contribution in [3.05, 3.63) is 0 Å². The van der Waals surface area contributed by atoms with E-state index in [4.69, 9.17) is 14.2 Å². The Morgan fingerprint density at radius 1 is 0.957 bits per heavy atom. The van der Waals surface area contributed by atoms with Gasteiger partial charge in [0.05, 0.1) is 26.4 Å². The summed E-state index contributed by atoms with van der Waals surface area (Å²) in [5.74, 6) is 1.61. The molecule has 7 heteroatoms. The van der Waals surface area contributed by atoms with Crippen LogP contribution in [0.15, 0.2) is 4.99 Å². The van der Waals surface area contributed by atoms with Crippen molar-refractivity contribution in [2.75, 3.05) is 59.8 Å². The minimum Gasteiger partial charge on any atom is -0.379 e. The number of rotatable bonds is 14. The van der Waals surface area contributed by atoms with Crippen LogP contribution in [-0.2, 0) is 14.2 Å². The Hall–Kier alpha value is -0.120. The highest BCUT2D eigenvalue weighted by atomic mass is 127. The highest BCUT2D eigenvalue weighted by Gasteiger charge is 2.20. The van der Waals surface area contributed by atoms with Crippen LogP contribution < -0.4 is 10.6 Å². The minimum atomic E-state index is 0. The van der Waals surface area contributed by atoms with E-state index in [-0.39, 0.29) is 24.0 Å². The van der Waals surface area contributed by atoms with E-state index in [0.29, 0.717) is 19.8 Å². The maximum Gasteiger partial charge on any atom is 0.191 e. The lowest BCUT2D eigenvalue weighted by molar-refractivity contribution is 0.0487. The molecule has 1 rings (SSSR count). The molecule has 0 atom stereocenters. The summed E-state index contributed by atoms with van der Waals surface area (Å²) >= 11 is 0. The second-order valence-corrected chi connectivity index (χ2v) is 5.52. The standard InChI is InChI=1S/C16H33N3O3.HI/c1-3-4-9-20-12-13-21-10-7-18-16(17-2)19-8-11-22-14-15-5-6-15;/h15H,3-14H2,1-2H3,(H2,17,18,19);1H. The van der Waals surface area contributed by atoms with Crippen LogP contribution in [0.3, 0.4) is 0 Å². The van der Waals surface area contributed by atoms with Crippen LogP contribution in [0.25, 0.3) is 0 Å². The average molecular weight is 443 g/mol. The highest BCUT2D eigenvalue weighted by molar-refractivity contribution is 14.0. The van der Waals surface area contributed by atoms with Crippen molar-refractivity contribution in [3.8, 4) is 0 Å². The number of nitrogens with zero attached hydrogens (tertiary/aromatic N) is 1. The molecule has 0 amide bonds. The monoisotopic (exact) mass is 443 g/mol. The van der Waals surface area contributed by atoms with Crippen molar-refractivity contribution in [1.82, 2.24) is 10.6 Å². The summed E-state index contributed by atoms with van der Waals surface area (Å²) in [5, 5.41) is 6.43. The zero-order valence-corrected chi connectivity index (χ0v) is 17.0. The maximum atomic E-state index is 5.57. The first kappa shape index (κ1) is 22.9. The maximum absolute atomic E-state index is 5.57. The van der Waals surface area contributed by atoms with E-state index in [1.807, 2.05) is 0 Å². The number of hydrogen-bond donors (Lipinski definition) is 2. The molecule has 6 nitrogen and oxygen atoms in total. The van der Waals surface area contributed by atoms with Crippen molar-refractivity contribution >= 4 is 29.9 Å². The van der Waals surface area contributed by atoms with Gasteiger partial charge in [-0.15, -0.1) is 24.0 Å². The lowest BCUT2D eigenvalue weighted by Crippen LogP contribution is -2.40. The van der Waals surface area contributed by atoms with Crippen LogP contribution >= 0.6 is 24.0 Å². The predicted octanol–water partition coefficient (Wildman–Crippen LogP) is 2.03. The fourth-order valence-corrected chi connectivity index (χ4v) is 1.81. The lowest BCUT2D eigenvalue weighted by atomic mass is 10.4. The first-order valence-electron chi connectivity index (χ1n) is 8.54. The van der Waals surface area contributed by atoms with E-state index >= 15 is 0 Å². The van der Waals surface area contributed by atoms with E-state index in [1.54, 1.807) is 7.05 Å². The smallest absolute Gasteiger partial charge is 0.191 e. The Labute approximate surface area is 158 Å². The van der Waals surface area contributed by atoms with Crippen LogP contribution in [0, 0.1) is 5.92 Å². The molecule has 0 radical (unpaired) electrons. The summed E-state index contributed by atoms with van der Waals surface area (Å²) < 4.78 is 16.5. The predicted molar refractivity (Wildman–Crippen MR) is 105 cm³/mol. The number of aliphatic imine (C=N–C) groups is 1. The molecule has 0 saturated heterocycles. The van der Waals surface area contributed by atoms with E-state index < -0.39 is 0 Å². The van der Waals surface area contributed by atoms with E-state index in [2.05, 4.69) is 22.5 Å². The van der Waals surface area contributed by atoms with Gasteiger partial charge in [-0.05, 0) is 25.2 Å².